The number of nitrogens with one attached hydrogen (secondary N) is 2. The molecule has 0 aliphatic rings. The van der Waals surface area contributed by atoms with E-state index in [9.17, 15) is 24.3 Å². The topological polar surface area (TPSA) is 205 Å². The van der Waals surface area contributed by atoms with Crippen molar-refractivity contribution in [2.24, 2.45) is 5.11 Å². The lowest BCUT2D eigenvalue weighted by Gasteiger charge is -2.25. The van der Waals surface area contributed by atoms with Gasteiger partial charge in [0.25, 0.3) is 0 Å². The Balaban J connectivity index is 2.91. The third kappa shape index (κ3) is 19.3. The van der Waals surface area contributed by atoms with Gasteiger partial charge < -0.3 is 26.0 Å². The summed E-state index contributed by atoms with van der Waals surface area (Å²) in [6.45, 7) is 1.57. The number of urea groups is 1. The monoisotopic (exact) mass is 674 g/mol. The van der Waals surface area contributed by atoms with Crippen molar-refractivity contribution in [1.82, 2.24) is 10.6 Å². The Hall–Kier alpha value is -4.00. The van der Waals surface area contributed by atoms with Gasteiger partial charge in [0.05, 0.1) is 6.10 Å². The van der Waals surface area contributed by atoms with Crippen LogP contribution in [0.3, 0.4) is 0 Å². The molecule has 0 aliphatic heterocycles. The van der Waals surface area contributed by atoms with Gasteiger partial charge in [0.2, 0.25) is 5.91 Å². The van der Waals surface area contributed by atoms with Gasteiger partial charge in [-0.3, -0.25) is 19.3 Å². The lowest BCUT2D eigenvalue weighted by molar-refractivity contribution is -0.138. The number of azide groups is 1. The number of aliphatic carboxylic acids is 2. The smallest absolute Gasteiger partial charge is 0.322 e. The summed E-state index contributed by atoms with van der Waals surface area (Å²) in [7, 11) is 1.48. The highest BCUT2D eigenvalue weighted by Crippen LogP contribution is 2.23. The van der Waals surface area contributed by atoms with Crippen LogP contribution in [-0.4, -0.2) is 75.9 Å². The minimum absolute atomic E-state index is 0.00613. The number of allylic oxidation sites excluding steroid dienone is 3. The van der Waals surface area contributed by atoms with Crippen LogP contribution in [0.15, 0.2) is 53.7 Å². The van der Waals surface area contributed by atoms with Gasteiger partial charge in [0.15, 0.2) is 0 Å². The molecule has 0 unspecified atom stereocenters. The molecule has 1 rings (SSSR count). The van der Waals surface area contributed by atoms with Gasteiger partial charge in [0, 0.05) is 40.8 Å². The number of aliphatic hydroxyl groups is 1. The number of anilines is 1. The summed E-state index contributed by atoms with van der Waals surface area (Å²) in [5, 5.41) is 36.8. The zero-order valence-corrected chi connectivity index (χ0v) is 28.2. The molecule has 3 amide bonds. The van der Waals surface area contributed by atoms with Crippen LogP contribution >= 0.6 is 11.8 Å². The Bertz CT molecular complexity index is 1200. The number of hydrogen-bond acceptors (Lipinski definition) is 7. The van der Waals surface area contributed by atoms with Gasteiger partial charge in [-0.05, 0) is 43.3 Å². The van der Waals surface area contributed by atoms with E-state index in [-0.39, 0.29) is 25.0 Å². The van der Waals surface area contributed by atoms with Gasteiger partial charge in [-0.1, -0.05) is 93.4 Å². The maximum absolute atomic E-state index is 13.1. The summed E-state index contributed by atoms with van der Waals surface area (Å²) in [4.78, 5) is 52.1. The van der Waals surface area contributed by atoms with Crippen LogP contribution in [0.5, 0.6) is 0 Å². The number of unbranched alkanes of at least 4 members (excludes halogenated alkanes) is 8. The van der Waals surface area contributed by atoms with Crippen molar-refractivity contribution in [1.29, 1.82) is 0 Å². The quantitative estimate of drug-likeness (QED) is 0.0247. The van der Waals surface area contributed by atoms with E-state index >= 15 is 0 Å². The zero-order valence-electron chi connectivity index (χ0n) is 27.4. The minimum Gasteiger partial charge on any atom is -0.481 e. The largest absolute Gasteiger partial charge is 0.481 e. The van der Waals surface area contributed by atoms with Crippen molar-refractivity contribution in [2.45, 2.75) is 101 Å². The van der Waals surface area contributed by atoms with Crippen molar-refractivity contribution in [2.75, 3.05) is 24.2 Å². The number of hydrogen-bond donors (Lipinski definition) is 5. The Morgan fingerprint density at radius 1 is 0.979 bits per heavy atom. The fourth-order valence-corrected chi connectivity index (χ4v) is 5.71. The molecule has 1 aromatic carbocycles. The average Bonchev–Trinajstić information content (AvgIpc) is 3.04. The number of amides is 3. The lowest BCUT2D eigenvalue weighted by Crippen LogP contribution is -2.52. The molecular weight excluding hydrogens is 624 g/mol. The second kappa shape index (κ2) is 25.1. The van der Waals surface area contributed by atoms with E-state index < -0.39 is 47.8 Å². The highest BCUT2D eigenvalue weighted by molar-refractivity contribution is 8.00. The maximum atomic E-state index is 13.1. The van der Waals surface area contributed by atoms with Crippen LogP contribution in [0, 0.1) is 0 Å². The normalized spacial score (nSPS) is 13.1. The predicted molar refractivity (Wildman–Crippen MR) is 186 cm³/mol. The van der Waals surface area contributed by atoms with Crippen molar-refractivity contribution in [3.05, 3.63) is 59.0 Å². The molecule has 0 aromatic heterocycles. The molecule has 14 heteroatoms. The van der Waals surface area contributed by atoms with E-state index in [0.717, 1.165) is 12.8 Å². The van der Waals surface area contributed by atoms with Crippen molar-refractivity contribution < 1.29 is 34.5 Å². The number of carboxylic acids is 2. The molecule has 1 aromatic rings. The number of aliphatic hydroxyl groups excluding tert-OH is 1. The Labute approximate surface area is 281 Å². The summed E-state index contributed by atoms with van der Waals surface area (Å²) >= 11 is 1.19. The molecule has 47 heavy (non-hydrogen) atoms. The minimum atomic E-state index is -1.25. The van der Waals surface area contributed by atoms with E-state index in [0.29, 0.717) is 11.4 Å². The number of rotatable bonds is 25. The molecule has 13 nitrogen and oxygen atoms in total. The standard InChI is InChI=1S/C33H50N6O7S/c1-3-4-5-6-7-8-9-10-11-12-13-14-17-29(28(40)16-15-18-30(41)42)47-24-27(32(45)35-23-31(43)44)36-33(46)39(2)26-21-19-25(20-22-26)37-38-34/h12-14,17,19-22,27-29,40H,3-11,15-16,18,23-24H2,1-2H3,(H,35,45)(H,36,46)(H,41,42)(H,43,44)/b13-12+,17-14+/t27-,28-,29+/m0/s1. The number of carboxylic acid groups (broad SMARTS) is 2. The highest BCUT2D eigenvalue weighted by atomic mass is 32.2. The van der Waals surface area contributed by atoms with Crippen molar-refractivity contribution in [3.63, 3.8) is 0 Å². The zero-order chi connectivity index (χ0) is 34.9. The summed E-state index contributed by atoms with van der Waals surface area (Å²) in [5.41, 5.74) is 9.41. The summed E-state index contributed by atoms with van der Waals surface area (Å²) in [5.74, 6) is -2.93. The molecule has 0 heterocycles. The summed E-state index contributed by atoms with van der Waals surface area (Å²) in [6.07, 6.45) is 17.8. The van der Waals surface area contributed by atoms with Crippen molar-refractivity contribution >= 4 is 47.0 Å². The summed E-state index contributed by atoms with van der Waals surface area (Å²) in [6, 6.07) is 4.38. The average molecular weight is 675 g/mol. The first kappa shape index (κ1) is 41.0. The van der Waals surface area contributed by atoms with Gasteiger partial charge in [-0.25, -0.2) is 4.79 Å². The van der Waals surface area contributed by atoms with E-state index in [1.165, 1.54) is 80.8 Å². The molecule has 0 bridgehead atoms. The Morgan fingerprint density at radius 2 is 1.64 bits per heavy atom. The lowest BCUT2D eigenvalue weighted by atomic mass is 10.1. The molecule has 0 saturated heterocycles. The van der Waals surface area contributed by atoms with Gasteiger partial charge in [-0.2, -0.15) is 0 Å². The molecule has 0 radical (unpaired) electrons. The molecule has 0 fully saturated rings. The molecule has 0 aliphatic carbocycles. The number of nitrogens with zero attached hydrogens (tertiary/aromatic N) is 4. The van der Waals surface area contributed by atoms with E-state index in [2.05, 4.69) is 33.7 Å². The highest BCUT2D eigenvalue weighted by Gasteiger charge is 2.26. The van der Waals surface area contributed by atoms with E-state index in [1.54, 1.807) is 18.2 Å². The Kier molecular flexibility index (Phi) is 21.9. The third-order valence-corrected chi connectivity index (χ3v) is 8.61. The van der Waals surface area contributed by atoms with Gasteiger partial charge >= 0.3 is 18.0 Å². The first-order valence-corrected chi connectivity index (χ1v) is 17.2. The summed E-state index contributed by atoms with van der Waals surface area (Å²) < 4.78 is 0. The van der Waals surface area contributed by atoms with Crippen LogP contribution in [0.4, 0.5) is 16.2 Å². The van der Waals surface area contributed by atoms with Crippen molar-refractivity contribution in [3.8, 4) is 0 Å². The van der Waals surface area contributed by atoms with Gasteiger partial charge in [0.1, 0.15) is 12.6 Å². The maximum Gasteiger partial charge on any atom is 0.322 e. The molecule has 0 spiro atoms. The van der Waals surface area contributed by atoms with E-state index in [4.69, 9.17) is 15.7 Å². The fourth-order valence-electron chi connectivity index (χ4n) is 4.50. The fraction of sp³-hybridized carbons (Fsp3) is 0.576. The number of carbonyl (C=O) groups is 4. The predicted octanol–water partition coefficient (Wildman–Crippen LogP) is 6.70. The third-order valence-electron chi connectivity index (χ3n) is 7.23. The molecule has 3 atom stereocenters. The molecule has 0 saturated carbocycles. The number of carbonyl (C=O) groups excluding carboxylic acids is 2. The van der Waals surface area contributed by atoms with Crippen LogP contribution in [-0.2, 0) is 14.4 Å². The first-order valence-electron chi connectivity index (χ1n) is 16.1. The molecule has 5 N–H and O–H groups in total. The number of thioether (sulfide) groups is 1. The van der Waals surface area contributed by atoms with Crippen LogP contribution in [0.1, 0.15) is 84.0 Å². The second-order valence-electron chi connectivity index (χ2n) is 11.1. The van der Waals surface area contributed by atoms with Gasteiger partial charge in [-0.15, -0.1) is 11.8 Å². The Morgan fingerprint density at radius 3 is 2.26 bits per heavy atom. The van der Waals surface area contributed by atoms with Crippen LogP contribution in [0.2, 0.25) is 0 Å². The molecular formula is C33H50N6O7S. The van der Waals surface area contributed by atoms with E-state index in [1.807, 2.05) is 12.2 Å². The van der Waals surface area contributed by atoms with Crippen LogP contribution < -0.4 is 15.5 Å². The first-order chi connectivity index (χ1) is 22.6. The van der Waals surface area contributed by atoms with Crippen LogP contribution in [0.25, 0.3) is 10.4 Å². The number of benzene rings is 1. The second-order valence-corrected chi connectivity index (χ2v) is 12.3. The molecule has 260 valence electrons. The SMILES string of the molecule is CCCCCCCCCC/C=C/C=C/[C@@H](SC[C@H](NC(=O)N(C)c1ccc(N=[N+]=[N-])cc1)C(=O)NCC(=O)O)[C@@H](O)CCCC(=O)O.